The fourth-order valence-electron chi connectivity index (χ4n) is 1.60. The van der Waals surface area contributed by atoms with Crippen LogP contribution in [-0.2, 0) is 4.74 Å². The number of ether oxygens (including phenoxy) is 1. The van der Waals surface area contributed by atoms with Crippen LogP contribution in [0.3, 0.4) is 0 Å². The highest BCUT2D eigenvalue weighted by atomic mass is 35.5. The lowest BCUT2D eigenvalue weighted by molar-refractivity contribution is 0.0600. The summed E-state index contributed by atoms with van der Waals surface area (Å²) in [5.41, 5.74) is 0.528. The van der Waals surface area contributed by atoms with Gasteiger partial charge >= 0.3 is 5.97 Å². The first kappa shape index (κ1) is 14.9. The van der Waals surface area contributed by atoms with Crippen molar-refractivity contribution in [1.82, 2.24) is 4.98 Å². The number of aromatic nitrogens is 1. The zero-order valence-corrected chi connectivity index (χ0v) is 11.6. The number of esters is 1. The van der Waals surface area contributed by atoms with Crippen LogP contribution < -0.4 is 5.32 Å². The van der Waals surface area contributed by atoms with Gasteiger partial charge in [0.15, 0.2) is 11.0 Å². The van der Waals surface area contributed by atoms with E-state index in [1.807, 2.05) is 0 Å². The number of nitrogens with one attached hydrogen (secondary N) is 1. The van der Waals surface area contributed by atoms with E-state index in [2.05, 4.69) is 15.0 Å². The molecule has 0 radical (unpaired) electrons. The summed E-state index contributed by atoms with van der Waals surface area (Å²) in [6, 6.07) is 7.20. The van der Waals surface area contributed by atoms with E-state index in [0.717, 1.165) is 0 Å². The molecule has 0 bridgehead atoms. The monoisotopic (exact) mass is 308 g/mol. The quantitative estimate of drug-likeness (QED) is 0.699. The fourth-order valence-corrected chi connectivity index (χ4v) is 1.76. The zero-order chi connectivity index (χ0) is 15.4. The van der Waals surface area contributed by atoms with Crippen molar-refractivity contribution < 1.29 is 18.7 Å². The Morgan fingerprint density at radius 1 is 1.24 bits per heavy atom. The number of carbonyl (C=O) groups is 2. The maximum Gasteiger partial charge on any atom is 0.337 e. The molecule has 1 amide bonds. The van der Waals surface area contributed by atoms with E-state index >= 15 is 0 Å². The summed E-state index contributed by atoms with van der Waals surface area (Å²) in [6.45, 7) is 0. The van der Waals surface area contributed by atoms with Crippen molar-refractivity contribution in [2.24, 2.45) is 0 Å². The molecule has 0 fully saturated rings. The molecule has 108 valence electrons. The van der Waals surface area contributed by atoms with Crippen LogP contribution >= 0.6 is 11.6 Å². The summed E-state index contributed by atoms with van der Waals surface area (Å²) in [4.78, 5) is 26.7. The number of pyridine rings is 1. The van der Waals surface area contributed by atoms with Gasteiger partial charge in [-0.15, -0.1) is 0 Å². The van der Waals surface area contributed by atoms with Crippen molar-refractivity contribution in [2.45, 2.75) is 0 Å². The lowest BCUT2D eigenvalue weighted by atomic mass is 10.2. The molecule has 0 atom stereocenters. The Bertz CT molecular complexity index is 689. The molecule has 0 saturated heterocycles. The molecule has 2 aromatic rings. The van der Waals surface area contributed by atoms with Crippen LogP contribution in [0.15, 0.2) is 36.5 Å². The molecule has 0 aliphatic rings. The first-order valence-corrected chi connectivity index (χ1v) is 6.20. The lowest BCUT2D eigenvalue weighted by Gasteiger charge is -2.07. The van der Waals surface area contributed by atoms with Crippen LogP contribution in [0.25, 0.3) is 0 Å². The highest BCUT2D eigenvalue weighted by molar-refractivity contribution is 6.30. The second-order valence-corrected chi connectivity index (χ2v) is 4.34. The van der Waals surface area contributed by atoms with Gasteiger partial charge in [-0.3, -0.25) is 4.79 Å². The summed E-state index contributed by atoms with van der Waals surface area (Å²) in [7, 11) is 1.27. The smallest absolute Gasteiger partial charge is 0.337 e. The summed E-state index contributed by atoms with van der Waals surface area (Å²) in [5, 5.41) is 2.12. The molecule has 5 nitrogen and oxygen atoms in total. The molecular weight excluding hydrogens is 299 g/mol. The molecule has 0 unspecified atom stereocenters. The van der Waals surface area contributed by atoms with E-state index < -0.39 is 17.7 Å². The average molecular weight is 309 g/mol. The molecule has 1 aromatic carbocycles. The summed E-state index contributed by atoms with van der Waals surface area (Å²) < 4.78 is 18.2. The Morgan fingerprint density at radius 2 is 1.90 bits per heavy atom. The van der Waals surface area contributed by atoms with E-state index in [1.54, 1.807) is 0 Å². The van der Waals surface area contributed by atoms with Gasteiger partial charge < -0.3 is 10.1 Å². The lowest BCUT2D eigenvalue weighted by Crippen LogP contribution is -2.14. The van der Waals surface area contributed by atoms with Gasteiger partial charge in [0.25, 0.3) is 5.91 Å². The minimum atomic E-state index is -0.886. The average Bonchev–Trinajstić information content (AvgIpc) is 2.50. The number of benzene rings is 1. The second kappa shape index (κ2) is 6.32. The number of rotatable bonds is 3. The van der Waals surface area contributed by atoms with Crippen LogP contribution in [0.1, 0.15) is 20.7 Å². The second-order valence-electron chi connectivity index (χ2n) is 3.99. The number of carbonyl (C=O) groups excluding carboxylic acids is 2. The maximum atomic E-state index is 13.7. The molecule has 1 N–H and O–H groups in total. The van der Waals surface area contributed by atoms with Gasteiger partial charge in [0, 0.05) is 11.9 Å². The molecular formula is C14H10ClFN2O3. The molecule has 1 aromatic heterocycles. The van der Waals surface area contributed by atoms with Gasteiger partial charge in [-0.1, -0.05) is 11.6 Å². The Kier molecular flexibility index (Phi) is 4.49. The Morgan fingerprint density at radius 3 is 2.52 bits per heavy atom. The van der Waals surface area contributed by atoms with E-state index in [0.29, 0.717) is 11.3 Å². The van der Waals surface area contributed by atoms with Crippen molar-refractivity contribution in [3.8, 4) is 0 Å². The van der Waals surface area contributed by atoms with Gasteiger partial charge in [-0.05, 0) is 30.3 Å². The summed E-state index contributed by atoms with van der Waals surface area (Å²) in [5.74, 6) is -2.04. The highest BCUT2D eigenvalue weighted by Crippen LogP contribution is 2.17. The first-order chi connectivity index (χ1) is 10.0. The van der Waals surface area contributed by atoms with Crippen molar-refractivity contribution in [2.75, 3.05) is 12.4 Å². The molecule has 0 aliphatic carbocycles. The Labute approximate surface area is 124 Å². The van der Waals surface area contributed by atoms with Gasteiger partial charge in [0.2, 0.25) is 0 Å². The number of hydrogen-bond acceptors (Lipinski definition) is 4. The molecule has 1 heterocycles. The van der Waals surface area contributed by atoms with E-state index in [1.165, 1.54) is 43.6 Å². The number of amides is 1. The Balaban J connectivity index is 2.16. The number of nitrogens with zero attached hydrogens (tertiary/aromatic N) is 1. The SMILES string of the molecule is COC(=O)c1ccc(NC(=O)c2ccnc(Cl)c2F)cc1. The van der Waals surface area contributed by atoms with Gasteiger partial charge in [0.1, 0.15) is 0 Å². The minimum Gasteiger partial charge on any atom is -0.465 e. The third-order valence-electron chi connectivity index (χ3n) is 2.66. The van der Waals surface area contributed by atoms with Crippen molar-refractivity contribution in [3.63, 3.8) is 0 Å². The first-order valence-electron chi connectivity index (χ1n) is 5.82. The highest BCUT2D eigenvalue weighted by Gasteiger charge is 2.15. The standard InChI is InChI=1S/C14H10ClFN2O3/c1-21-14(20)8-2-4-9(5-3-8)18-13(19)10-6-7-17-12(15)11(10)16/h2-7H,1H3,(H,18,19). The number of methoxy groups -OCH3 is 1. The van der Waals surface area contributed by atoms with Crippen LogP contribution in [0.2, 0.25) is 5.15 Å². The van der Waals surface area contributed by atoms with Crippen LogP contribution in [0.5, 0.6) is 0 Å². The van der Waals surface area contributed by atoms with Crippen molar-refractivity contribution in [1.29, 1.82) is 0 Å². The van der Waals surface area contributed by atoms with Crippen LogP contribution in [0, 0.1) is 5.82 Å². The molecule has 0 spiro atoms. The number of anilines is 1. The van der Waals surface area contributed by atoms with Crippen LogP contribution in [-0.4, -0.2) is 24.0 Å². The normalized spacial score (nSPS) is 10.0. The minimum absolute atomic E-state index is 0.216. The summed E-state index contributed by atoms with van der Waals surface area (Å²) in [6.07, 6.45) is 1.24. The molecule has 21 heavy (non-hydrogen) atoms. The predicted molar refractivity (Wildman–Crippen MR) is 74.9 cm³/mol. The molecule has 0 aliphatic heterocycles. The molecule has 7 heteroatoms. The van der Waals surface area contributed by atoms with Crippen LogP contribution in [0.4, 0.5) is 10.1 Å². The fraction of sp³-hybridized carbons (Fsp3) is 0.0714. The molecule has 0 saturated carbocycles. The molecule has 2 rings (SSSR count). The van der Waals surface area contributed by atoms with Gasteiger partial charge in [-0.2, -0.15) is 0 Å². The summed E-state index contributed by atoms with van der Waals surface area (Å²) >= 11 is 5.51. The maximum absolute atomic E-state index is 13.7. The van der Waals surface area contributed by atoms with Gasteiger partial charge in [-0.25, -0.2) is 14.2 Å². The third kappa shape index (κ3) is 3.35. The number of hydrogen-bond donors (Lipinski definition) is 1. The predicted octanol–water partition coefficient (Wildman–Crippen LogP) is 2.91. The van der Waals surface area contributed by atoms with Crippen molar-refractivity contribution >= 4 is 29.2 Å². The van der Waals surface area contributed by atoms with Crippen molar-refractivity contribution in [3.05, 3.63) is 58.6 Å². The van der Waals surface area contributed by atoms with E-state index in [9.17, 15) is 14.0 Å². The van der Waals surface area contributed by atoms with E-state index in [4.69, 9.17) is 11.6 Å². The largest absolute Gasteiger partial charge is 0.465 e. The number of halogens is 2. The topological polar surface area (TPSA) is 68.3 Å². The Hall–Kier alpha value is -2.47. The van der Waals surface area contributed by atoms with E-state index in [-0.39, 0.29) is 10.7 Å². The zero-order valence-electron chi connectivity index (χ0n) is 10.9. The third-order valence-corrected chi connectivity index (χ3v) is 2.92. The van der Waals surface area contributed by atoms with Gasteiger partial charge in [0.05, 0.1) is 18.2 Å².